The second kappa shape index (κ2) is 8.67. The number of carbonyl (C=O) groups is 1. The molecule has 0 atom stereocenters. The number of hydrogen-bond donors (Lipinski definition) is 0. The van der Waals surface area contributed by atoms with E-state index >= 15 is 0 Å². The number of nitrogens with zero attached hydrogens (tertiary/aromatic N) is 1. The predicted molar refractivity (Wildman–Crippen MR) is 106 cm³/mol. The molecule has 1 aromatic carbocycles. The van der Waals surface area contributed by atoms with E-state index in [4.69, 9.17) is 5.26 Å². The molecule has 26 heavy (non-hydrogen) atoms. The third kappa shape index (κ3) is 4.26. The van der Waals surface area contributed by atoms with Crippen LogP contribution in [0.15, 0.2) is 36.4 Å². The molecular formula is C24H31NO. The summed E-state index contributed by atoms with van der Waals surface area (Å²) in [7, 11) is 0. The molecule has 1 aromatic rings. The fourth-order valence-corrected chi connectivity index (χ4v) is 5.13. The minimum atomic E-state index is -0.371. The van der Waals surface area contributed by atoms with Crippen LogP contribution in [-0.4, -0.2) is 6.29 Å². The van der Waals surface area contributed by atoms with E-state index in [1.165, 1.54) is 42.9 Å². The highest BCUT2D eigenvalue weighted by Crippen LogP contribution is 2.46. The van der Waals surface area contributed by atoms with Gasteiger partial charge in [0, 0.05) is 11.5 Å². The Bertz CT molecular complexity index is 650. The maximum absolute atomic E-state index is 11.6. The average molecular weight is 350 g/mol. The zero-order valence-corrected chi connectivity index (χ0v) is 16.0. The van der Waals surface area contributed by atoms with Gasteiger partial charge in [0.2, 0.25) is 0 Å². The Morgan fingerprint density at radius 2 is 1.65 bits per heavy atom. The van der Waals surface area contributed by atoms with Crippen LogP contribution >= 0.6 is 0 Å². The molecule has 0 saturated heterocycles. The molecule has 2 fully saturated rings. The molecule has 2 heteroatoms. The van der Waals surface area contributed by atoms with Gasteiger partial charge in [-0.05, 0) is 86.7 Å². The van der Waals surface area contributed by atoms with Gasteiger partial charge in [-0.3, -0.25) is 0 Å². The summed E-state index contributed by atoms with van der Waals surface area (Å²) >= 11 is 0. The predicted octanol–water partition coefficient (Wildman–Crippen LogP) is 5.98. The number of carbonyl (C=O) groups excluding carboxylic acids is 1. The molecule has 2 aliphatic rings. The number of hydrogen-bond acceptors (Lipinski definition) is 2. The summed E-state index contributed by atoms with van der Waals surface area (Å²) in [5.41, 5.74) is 2.57. The second-order valence-corrected chi connectivity index (χ2v) is 8.36. The number of aryl methyl sites for hydroxylation is 1. The van der Waals surface area contributed by atoms with Crippen LogP contribution in [0.5, 0.6) is 0 Å². The minimum Gasteiger partial charge on any atom is -0.302 e. The number of benzene rings is 1. The number of allylic oxidation sites excluding steroid dienone is 2. The minimum absolute atomic E-state index is 0.371. The van der Waals surface area contributed by atoms with E-state index in [0.29, 0.717) is 0 Å². The van der Waals surface area contributed by atoms with E-state index in [9.17, 15) is 4.79 Å². The summed E-state index contributed by atoms with van der Waals surface area (Å²) in [6.07, 6.45) is 14.9. The topological polar surface area (TPSA) is 40.9 Å². The highest BCUT2D eigenvalue weighted by Gasteiger charge is 2.37. The molecule has 3 rings (SSSR count). The molecule has 0 amide bonds. The van der Waals surface area contributed by atoms with Crippen molar-refractivity contribution >= 4 is 6.29 Å². The van der Waals surface area contributed by atoms with Gasteiger partial charge >= 0.3 is 0 Å². The fourth-order valence-electron chi connectivity index (χ4n) is 5.13. The van der Waals surface area contributed by atoms with Gasteiger partial charge in [-0.15, -0.1) is 0 Å². The molecule has 0 bridgehead atoms. The van der Waals surface area contributed by atoms with Crippen LogP contribution in [0.2, 0.25) is 0 Å². The van der Waals surface area contributed by atoms with E-state index in [1.54, 1.807) is 0 Å². The van der Waals surface area contributed by atoms with Crippen LogP contribution in [0, 0.1) is 28.6 Å². The third-order valence-electron chi connectivity index (χ3n) is 6.98. The van der Waals surface area contributed by atoms with Crippen LogP contribution in [0.4, 0.5) is 0 Å². The van der Waals surface area contributed by atoms with E-state index in [1.807, 2.05) is 12.1 Å². The first-order valence-electron chi connectivity index (χ1n) is 10.3. The van der Waals surface area contributed by atoms with E-state index in [-0.39, 0.29) is 5.41 Å². The lowest BCUT2D eigenvalue weighted by atomic mass is 9.64. The van der Waals surface area contributed by atoms with Crippen molar-refractivity contribution in [3.05, 3.63) is 47.5 Å². The Balaban J connectivity index is 1.52. The van der Waals surface area contributed by atoms with Crippen molar-refractivity contribution in [2.75, 3.05) is 0 Å². The van der Waals surface area contributed by atoms with Crippen LogP contribution in [0.1, 0.15) is 75.3 Å². The molecule has 0 N–H and O–H groups in total. The van der Waals surface area contributed by atoms with Gasteiger partial charge in [-0.25, -0.2) is 0 Å². The summed E-state index contributed by atoms with van der Waals surface area (Å²) in [6, 6.07) is 11.3. The molecule has 0 aromatic heterocycles. The van der Waals surface area contributed by atoms with Crippen molar-refractivity contribution in [1.29, 1.82) is 5.26 Å². The molecule has 0 heterocycles. The van der Waals surface area contributed by atoms with Gasteiger partial charge in [-0.2, -0.15) is 5.26 Å². The summed E-state index contributed by atoms with van der Waals surface area (Å²) in [5, 5.41) is 8.76. The summed E-state index contributed by atoms with van der Waals surface area (Å²) in [4.78, 5) is 11.6. The fraction of sp³-hybridized carbons (Fsp3) is 0.583. The second-order valence-electron chi connectivity index (χ2n) is 8.36. The van der Waals surface area contributed by atoms with E-state index in [2.05, 4.69) is 31.2 Å². The Labute approximate surface area is 158 Å². The molecule has 2 nitrogen and oxygen atoms in total. The van der Waals surface area contributed by atoms with Crippen molar-refractivity contribution in [1.82, 2.24) is 0 Å². The summed E-state index contributed by atoms with van der Waals surface area (Å²) in [5.74, 6) is 2.32. The highest BCUT2D eigenvalue weighted by atomic mass is 16.1. The maximum Gasteiger partial charge on any atom is 0.129 e. The van der Waals surface area contributed by atoms with Crippen LogP contribution in [0.25, 0.3) is 0 Å². The molecule has 2 aliphatic carbocycles. The van der Waals surface area contributed by atoms with Crippen LogP contribution < -0.4 is 0 Å². The average Bonchev–Trinajstić information content (AvgIpc) is 2.73. The van der Waals surface area contributed by atoms with Gasteiger partial charge in [0.25, 0.3) is 0 Å². The van der Waals surface area contributed by atoms with Gasteiger partial charge < -0.3 is 4.79 Å². The molecule has 0 radical (unpaired) electrons. The lowest BCUT2D eigenvalue weighted by Gasteiger charge is -2.40. The molecule has 138 valence electrons. The van der Waals surface area contributed by atoms with Gasteiger partial charge in [-0.1, -0.05) is 37.3 Å². The Morgan fingerprint density at radius 3 is 2.19 bits per heavy atom. The quantitative estimate of drug-likeness (QED) is 0.485. The van der Waals surface area contributed by atoms with Crippen LogP contribution in [-0.2, 0) is 11.2 Å². The molecule has 0 aliphatic heterocycles. The first kappa shape index (κ1) is 18.9. The zero-order valence-electron chi connectivity index (χ0n) is 16.0. The molecule has 0 unspecified atom stereocenters. The van der Waals surface area contributed by atoms with Gasteiger partial charge in [0.05, 0.1) is 6.07 Å². The zero-order chi connectivity index (χ0) is 18.4. The SMILES string of the molecule is CCc1ccc(C2CCC(C3CCC(C=O)(C=CC#N)CC3)CC2)cc1. The van der Waals surface area contributed by atoms with Crippen LogP contribution in [0.3, 0.4) is 0 Å². The first-order chi connectivity index (χ1) is 12.7. The monoisotopic (exact) mass is 349 g/mol. The first-order valence-corrected chi connectivity index (χ1v) is 10.3. The number of aldehydes is 1. The van der Waals surface area contributed by atoms with E-state index in [0.717, 1.165) is 56.1 Å². The lowest BCUT2D eigenvalue weighted by molar-refractivity contribution is -0.116. The van der Waals surface area contributed by atoms with Crippen molar-refractivity contribution < 1.29 is 4.79 Å². The normalized spacial score (nSPS) is 32.2. The van der Waals surface area contributed by atoms with Gasteiger partial charge in [0.15, 0.2) is 0 Å². The Kier molecular flexibility index (Phi) is 6.30. The summed E-state index contributed by atoms with van der Waals surface area (Å²) < 4.78 is 0. The Morgan fingerprint density at radius 1 is 1.04 bits per heavy atom. The van der Waals surface area contributed by atoms with Crippen molar-refractivity contribution in [3.8, 4) is 6.07 Å². The molecular weight excluding hydrogens is 318 g/mol. The third-order valence-corrected chi connectivity index (χ3v) is 6.98. The van der Waals surface area contributed by atoms with Crippen molar-refractivity contribution in [2.45, 2.75) is 70.6 Å². The molecule has 2 saturated carbocycles. The smallest absolute Gasteiger partial charge is 0.129 e. The number of rotatable bonds is 5. The van der Waals surface area contributed by atoms with Crippen molar-refractivity contribution in [3.63, 3.8) is 0 Å². The van der Waals surface area contributed by atoms with Gasteiger partial charge in [0.1, 0.15) is 6.29 Å². The van der Waals surface area contributed by atoms with E-state index < -0.39 is 0 Å². The lowest BCUT2D eigenvalue weighted by Crippen LogP contribution is -2.31. The van der Waals surface area contributed by atoms with Crippen molar-refractivity contribution in [2.24, 2.45) is 17.3 Å². The highest BCUT2D eigenvalue weighted by molar-refractivity contribution is 5.63. The summed E-state index contributed by atoms with van der Waals surface area (Å²) in [6.45, 7) is 2.21. The maximum atomic E-state index is 11.6. The Hall–Kier alpha value is -1.88. The standard InChI is InChI=1S/C24H31NO/c1-2-19-4-6-20(7-5-19)21-8-10-22(11-9-21)23-12-15-24(18-26,16-13-23)14-3-17-25/h3-7,14,18,21-23H,2,8-13,15-16H2,1H3. The number of nitriles is 1. The molecule has 0 spiro atoms. The largest absolute Gasteiger partial charge is 0.302 e.